The molecule has 3 rings (SSSR count). The van der Waals surface area contributed by atoms with Gasteiger partial charge in [-0.2, -0.15) is 0 Å². The van der Waals surface area contributed by atoms with Crippen LogP contribution in [0.15, 0.2) is 30.3 Å². The number of rotatable bonds is 3. The molecule has 1 atom stereocenters. The molecule has 5 nitrogen and oxygen atoms in total. The first-order valence-corrected chi connectivity index (χ1v) is 9.61. The third kappa shape index (κ3) is 3.67. The quantitative estimate of drug-likeness (QED) is 0.825. The molecule has 0 radical (unpaired) electrons. The van der Waals surface area contributed by atoms with Gasteiger partial charge < -0.3 is 4.90 Å². The number of hydrogen-bond donors (Lipinski definition) is 0. The molecule has 2 heterocycles. The van der Waals surface area contributed by atoms with E-state index in [1.54, 1.807) is 0 Å². The second-order valence-corrected chi connectivity index (χ2v) is 8.42. The zero-order chi connectivity index (χ0) is 15.6. The molecule has 2 saturated heterocycles. The van der Waals surface area contributed by atoms with E-state index in [0.29, 0.717) is 19.5 Å². The summed E-state index contributed by atoms with van der Waals surface area (Å²) >= 11 is 0. The first-order valence-electron chi connectivity index (χ1n) is 7.79. The third-order valence-electron chi connectivity index (χ3n) is 4.51. The number of amides is 1. The van der Waals surface area contributed by atoms with E-state index >= 15 is 0 Å². The topological polar surface area (TPSA) is 57.7 Å². The van der Waals surface area contributed by atoms with Crippen LogP contribution in [-0.4, -0.2) is 61.8 Å². The monoisotopic (exact) mass is 322 g/mol. The van der Waals surface area contributed by atoms with Gasteiger partial charge >= 0.3 is 0 Å². The molecule has 1 aromatic rings. The molecule has 1 unspecified atom stereocenters. The lowest BCUT2D eigenvalue weighted by atomic mass is 10.1. The Morgan fingerprint density at radius 2 is 1.77 bits per heavy atom. The molecule has 0 spiro atoms. The third-order valence-corrected chi connectivity index (χ3v) is 6.28. The number of carbonyl (C=O) groups is 1. The molecule has 2 fully saturated rings. The number of benzene rings is 1. The molecule has 1 amide bonds. The lowest BCUT2D eigenvalue weighted by Gasteiger charge is -2.35. The van der Waals surface area contributed by atoms with Crippen LogP contribution >= 0.6 is 0 Å². The van der Waals surface area contributed by atoms with Crippen molar-refractivity contribution in [3.63, 3.8) is 0 Å². The lowest BCUT2D eigenvalue weighted by molar-refractivity contribution is -0.136. The van der Waals surface area contributed by atoms with Crippen LogP contribution in [0.5, 0.6) is 0 Å². The molecule has 0 bridgehead atoms. The Morgan fingerprint density at radius 3 is 2.36 bits per heavy atom. The summed E-state index contributed by atoms with van der Waals surface area (Å²) in [6.07, 6.45) is 0.491. The predicted octanol–water partition coefficient (Wildman–Crippen LogP) is 0.766. The summed E-state index contributed by atoms with van der Waals surface area (Å²) in [4.78, 5) is 16.6. The van der Waals surface area contributed by atoms with Crippen LogP contribution in [0.3, 0.4) is 0 Å². The van der Waals surface area contributed by atoms with E-state index in [0.717, 1.165) is 19.6 Å². The predicted molar refractivity (Wildman–Crippen MR) is 85.1 cm³/mol. The van der Waals surface area contributed by atoms with Crippen molar-refractivity contribution in [2.24, 2.45) is 5.92 Å². The van der Waals surface area contributed by atoms with Crippen LogP contribution in [-0.2, 0) is 21.2 Å². The maximum atomic E-state index is 12.4. The normalized spacial score (nSPS) is 25.3. The number of nitrogens with zero attached hydrogens (tertiary/aromatic N) is 2. The second-order valence-electron chi connectivity index (χ2n) is 6.19. The summed E-state index contributed by atoms with van der Waals surface area (Å²) in [5.41, 5.74) is 1.28. The molecule has 0 aliphatic carbocycles. The molecule has 2 aliphatic heterocycles. The summed E-state index contributed by atoms with van der Waals surface area (Å²) in [5, 5.41) is 0. The van der Waals surface area contributed by atoms with Gasteiger partial charge in [0.15, 0.2) is 9.84 Å². The van der Waals surface area contributed by atoms with Crippen molar-refractivity contribution in [1.29, 1.82) is 0 Å². The van der Waals surface area contributed by atoms with Gasteiger partial charge in [-0.15, -0.1) is 0 Å². The van der Waals surface area contributed by atoms with Gasteiger partial charge in [-0.05, 0) is 12.0 Å². The molecule has 0 aromatic heterocycles. The standard InChI is InChI=1S/C16H22N2O3S/c19-16(15-6-11-22(20,21)13-15)18-9-7-17(8-10-18)12-14-4-2-1-3-5-14/h1-5,15H,6-13H2. The minimum absolute atomic E-state index is 0.0282. The van der Waals surface area contributed by atoms with E-state index < -0.39 is 9.84 Å². The highest BCUT2D eigenvalue weighted by molar-refractivity contribution is 7.91. The molecule has 2 aliphatic rings. The highest BCUT2D eigenvalue weighted by atomic mass is 32.2. The summed E-state index contributed by atoms with van der Waals surface area (Å²) in [6.45, 7) is 3.99. The van der Waals surface area contributed by atoms with Crippen molar-refractivity contribution in [2.75, 3.05) is 37.7 Å². The van der Waals surface area contributed by atoms with E-state index in [1.807, 2.05) is 23.1 Å². The smallest absolute Gasteiger partial charge is 0.226 e. The van der Waals surface area contributed by atoms with Crippen molar-refractivity contribution in [3.8, 4) is 0 Å². The van der Waals surface area contributed by atoms with Crippen LogP contribution < -0.4 is 0 Å². The molecule has 0 saturated carbocycles. The Morgan fingerprint density at radius 1 is 1.09 bits per heavy atom. The maximum absolute atomic E-state index is 12.4. The summed E-state index contributed by atoms with van der Waals surface area (Å²) in [5.74, 6) is -0.0842. The van der Waals surface area contributed by atoms with E-state index in [-0.39, 0.29) is 23.3 Å². The van der Waals surface area contributed by atoms with Crippen LogP contribution in [0.25, 0.3) is 0 Å². The Balaban J connectivity index is 1.50. The van der Waals surface area contributed by atoms with Crippen LogP contribution in [0.2, 0.25) is 0 Å². The molecule has 0 N–H and O–H groups in total. The fourth-order valence-electron chi connectivity index (χ4n) is 3.22. The molecular weight excluding hydrogens is 300 g/mol. The van der Waals surface area contributed by atoms with Crippen LogP contribution in [0.4, 0.5) is 0 Å². The minimum atomic E-state index is -2.99. The highest BCUT2D eigenvalue weighted by Crippen LogP contribution is 2.21. The number of carbonyl (C=O) groups excluding carboxylic acids is 1. The Hall–Kier alpha value is -1.40. The van der Waals surface area contributed by atoms with E-state index in [9.17, 15) is 13.2 Å². The van der Waals surface area contributed by atoms with Gasteiger partial charge in [0.05, 0.1) is 17.4 Å². The van der Waals surface area contributed by atoms with E-state index in [2.05, 4.69) is 17.0 Å². The zero-order valence-corrected chi connectivity index (χ0v) is 13.5. The molecular formula is C16H22N2O3S. The van der Waals surface area contributed by atoms with Gasteiger partial charge in [0, 0.05) is 32.7 Å². The maximum Gasteiger partial charge on any atom is 0.226 e. The van der Waals surface area contributed by atoms with Crippen molar-refractivity contribution < 1.29 is 13.2 Å². The fourth-order valence-corrected chi connectivity index (χ4v) is 4.95. The SMILES string of the molecule is O=C(C1CCS(=O)(=O)C1)N1CCN(Cc2ccccc2)CC1. The van der Waals surface area contributed by atoms with Gasteiger partial charge in [-0.25, -0.2) is 8.42 Å². The Bertz CT molecular complexity index is 622. The van der Waals surface area contributed by atoms with Gasteiger partial charge in [-0.1, -0.05) is 30.3 Å². The number of hydrogen-bond acceptors (Lipinski definition) is 4. The summed E-state index contributed by atoms with van der Waals surface area (Å²) < 4.78 is 23.0. The number of sulfone groups is 1. The average Bonchev–Trinajstić information content (AvgIpc) is 2.88. The van der Waals surface area contributed by atoms with Gasteiger partial charge in [-0.3, -0.25) is 9.69 Å². The van der Waals surface area contributed by atoms with Crippen molar-refractivity contribution >= 4 is 15.7 Å². The van der Waals surface area contributed by atoms with Crippen LogP contribution in [0, 0.1) is 5.92 Å². The average molecular weight is 322 g/mol. The molecule has 120 valence electrons. The zero-order valence-electron chi connectivity index (χ0n) is 12.6. The first kappa shape index (κ1) is 15.5. The minimum Gasteiger partial charge on any atom is -0.340 e. The van der Waals surface area contributed by atoms with Gasteiger partial charge in [0.2, 0.25) is 5.91 Å². The number of piperazine rings is 1. The Labute approximate surface area is 131 Å². The first-order chi connectivity index (χ1) is 10.5. The summed E-state index contributed by atoms with van der Waals surface area (Å²) in [6, 6.07) is 10.3. The van der Waals surface area contributed by atoms with Crippen molar-refractivity contribution in [1.82, 2.24) is 9.80 Å². The largest absolute Gasteiger partial charge is 0.340 e. The van der Waals surface area contributed by atoms with E-state index in [4.69, 9.17) is 0 Å². The molecule has 1 aromatic carbocycles. The molecule has 6 heteroatoms. The highest BCUT2D eigenvalue weighted by Gasteiger charge is 2.36. The Kier molecular flexibility index (Phi) is 4.49. The van der Waals surface area contributed by atoms with Crippen molar-refractivity contribution in [2.45, 2.75) is 13.0 Å². The fraction of sp³-hybridized carbons (Fsp3) is 0.562. The molecule has 22 heavy (non-hydrogen) atoms. The summed E-state index contributed by atoms with van der Waals surface area (Å²) in [7, 11) is -2.99. The van der Waals surface area contributed by atoms with Gasteiger partial charge in [0.25, 0.3) is 0 Å². The second kappa shape index (κ2) is 6.38. The van der Waals surface area contributed by atoms with E-state index in [1.165, 1.54) is 5.56 Å². The van der Waals surface area contributed by atoms with Crippen LogP contribution in [0.1, 0.15) is 12.0 Å². The van der Waals surface area contributed by atoms with Gasteiger partial charge in [0.1, 0.15) is 0 Å². The van der Waals surface area contributed by atoms with Crippen molar-refractivity contribution in [3.05, 3.63) is 35.9 Å². The lowest BCUT2D eigenvalue weighted by Crippen LogP contribution is -2.50.